The number of phenols is 1. The number of hydrogen-bond donors (Lipinski definition) is 2. The first-order valence-electron chi connectivity index (χ1n) is 7.05. The summed E-state index contributed by atoms with van der Waals surface area (Å²) in [6.07, 6.45) is 5.18. The van der Waals surface area contributed by atoms with Gasteiger partial charge in [-0.25, -0.2) is 4.98 Å². The fourth-order valence-corrected chi connectivity index (χ4v) is 2.67. The minimum atomic E-state index is -0.521. The van der Waals surface area contributed by atoms with Crippen molar-refractivity contribution in [3.63, 3.8) is 0 Å². The van der Waals surface area contributed by atoms with E-state index in [1.807, 2.05) is 6.26 Å². The van der Waals surface area contributed by atoms with E-state index in [9.17, 15) is 9.90 Å². The highest BCUT2D eigenvalue weighted by Gasteiger charge is 2.27. The van der Waals surface area contributed by atoms with Crippen LogP contribution in [0.25, 0.3) is 0 Å². The molecular formula is C15H13Cl2N3O3S. The Kier molecular flexibility index (Phi) is 5.03. The molecule has 1 aliphatic rings. The highest BCUT2D eigenvalue weighted by atomic mass is 35.5. The molecular weight excluding hydrogens is 373 g/mol. The van der Waals surface area contributed by atoms with E-state index in [4.69, 9.17) is 27.9 Å². The van der Waals surface area contributed by atoms with Crippen molar-refractivity contribution in [1.29, 1.82) is 0 Å². The SMILES string of the molecule is CSc1ncc(C(=O)Nc2c(Cl)ccc(O)c2Cl)c(OC2CC2)n1. The van der Waals surface area contributed by atoms with E-state index in [-0.39, 0.29) is 39.0 Å². The molecule has 0 bridgehead atoms. The van der Waals surface area contributed by atoms with Gasteiger partial charge in [0.2, 0.25) is 5.88 Å². The van der Waals surface area contributed by atoms with Gasteiger partial charge in [-0.15, -0.1) is 0 Å². The van der Waals surface area contributed by atoms with Gasteiger partial charge in [-0.1, -0.05) is 35.0 Å². The zero-order chi connectivity index (χ0) is 17.3. The second-order valence-corrected chi connectivity index (χ2v) is 6.66. The third-order valence-corrected chi connectivity index (χ3v) is 4.53. The number of aromatic hydroxyl groups is 1. The number of thioether (sulfide) groups is 1. The van der Waals surface area contributed by atoms with E-state index >= 15 is 0 Å². The van der Waals surface area contributed by atoms with Crippen LogP contribution in [0.2, 0.25) is 10.0 Å². The quantitative estimate of drug-likeness (QED) is 0.597. The molecule has 1 aromatic heterocycles. The van der Waals surface area contributed by atoms with Crippen molar-refractivity contribution in [2.45, 2.75) is 24.1 Å². The van der Waals surface area contributed by atoms with E-state index in [1.165, 1.54) is 30.1 Å². The van der Waals surface area contributed by atoms with Crippen molar-refractivity contribution in [2.24, 2.45) is 0 Å². The van der Waals surface area contributed by atoms with E-state index < -0.39 is 5.91 Å². The molecule has 24 heavy (non-hydrogen) atoms. The molecule has 1 heterocycles. The number of nitrogens with one attached hydrogen (secondary N) is 1. The van der Waals surface area contributed by atoms with E-state index in [2.05, 4.69) is 15.3 Å². The second-order valence-electron chi connectivity index (χ2n) is 5.10. The fraction of sp³-hybridized carbons (Fsp3) is 0.267. The summed E-state index contributed by atoms with van der Waals surface area (Å²) >= 11 is 13.4. The van der Waals surface area contributed by atoms with Crippen LogP contribution in [0.15, 0.2) is 23.5 Å². The van der Waals surface area contributed by atoms with Crippen LogP contribution in [-0.2, 0) is 0 Å². The lowest BCUT2D eigenvalue weighted by atomic mass is 10.2. The first-order chi connectivity index (χ1) is 11.5. The van der Waals surface area contributed by atoms with Crippen LogP contribution >= 0.6 is 35.0 Å². The van der Waals surface area contributed by atoms with Gasteiger partial charge in [-0.3, -0.25) is 4.79 Å². The third kappa shape index (κ3) is 3.68. The Morgan fingerprint density at radius 3 is 2.83 bits per heavy atom. The maximum atomic E-state index is 12.6. The standard InChI is InChI=1S/C15H13Cl2N3O3S/c1-24-15-18-6-8(14(20-15)23-7-2-3-7)13(22)19-12-9(16)4-5-10(21)11(12)17/h4-7,21H,2-3H2,1H3,(H,19,22). The molecule has 2 N–H and O–H groups in total. The molecule has 9 heteroatoms. The summed E-state index contributed by atoms with van der Waals surface area (Å²) in [6, 6.07) is 2.78. The summed E-state index contributed by atoms with van der Waals surface area (Å²) < 4.78 is 5.70. The summed E-state index contributed by atoms with van der Waals surface area (Å²) in [5, 5.41) is 12.9. The smallest absolute Gasteiger partial charge is 0.262 e. The number of rotatable bonds is 5. The Hall–Kier alpha value is -1.70. The van der Waals surface area contributed by atoms with Crippen molar-refractivity contribution < 1.29 is 14.6 Å². The zero-order valence-corrected chi connectivity index (χ0v) is 14.9. The molecule has 0 unspecified atom stereocenters. The lowest BCUT2D eigenvalue weighted by molar-refractivity contribution is 0.102. The number of halogens is 2. The molecule has 1 aromatic carbocycles. The van der Waals surface area contributed by atoms with Gasteiger partial charge >= 0.3 is 0 Å². The monoisotopic (exact) mass is 385 g/mol. The highest BCUT2D eigenvalue weighted by molar-refractivity contribution is 7.98. The molecule has 0 saturated heterocycles. The number of anilines is 1. The van der Waals surface area contributed by atoms with E-state index in [0.717, 1.165) is 12.8 Å². The van der Waals surface area contributed by atoms with Gasteiger partial charge in [0.15, 0.2) is 5.16 Å². The van der Waals surface area contributed by atoms with Crippen LogP contribution in [0.5, 0.6) is 11.6 Å². The normalized spacial score (nSPS) is 13.6. The molecule has 3 rings (SSSR count). The molecule has 2 aromatic rings. The molecule has 0 radical (unpaired) electrons. The summed E-state index contributed by atoms with van der Waals surface area (Å²) in [5.41, 5.74) is 0.296. The van der Waals surface area contributed by atoms with Gasteiger partial charge in [0.25, 0.3) is 5.91 Å². The summed E-state index contributed by atoms with van der Waals surface area (Å²) in [7, 11) is 0. The van der Waals surface area contributed by atoms with Crippen molar-refractivity contribution >= 4 is 46.6 Å². The number of ether oxygens (including phenoxy) is 1. The number of nitrogens with zero attached hydrogens (tertiary/aromatic N) is 2. The number of carbonyl (C=O) groups excluding carboxylic acids is 1. The van der Waals surface area contributed by atoms with Gasteiger partial charge in [0.05, 0.1) is 10.7 Å². The first kappa shape index (κ1) is 17.1. The Morgan fingerprint density at radius 1 is 1.42 bits per heavy atom. The van der Waals surface area contributed by atoms with Crippen LogP contribution < -0.4 is 10.1 Å². The molecule has 1 fully saturated rings. The molecule has 1 aliphatic carbocycles. The molecule has 6 nitrogen and oxygen atoms in total. The molecule has 1 saturated carbocycles. The Labute approximate surface area is 152 Å². The van der Waals surface area contributed by atoms with E-state index in [0.29, 0.717) is 5.16 Å². The van der Waals surface area contributed by atoms with Crippen LogP contribution in [-0.4, -0.2) is 33.3 Å². The number of benzene rings is 1. The van der Waals surface area contributed by atoms with Crippen molar-refractivity contribution in [3.05, 3.63) is 33.9 Å². The van der Waals surface area contributed by atoms with Gasteiger partial charge < -0.3 is 15.2 Å². The second kappa shape index (κ2) is 7.04. The minimum absolute atomic E-state index is 0.0397. The maximum Gasteiger partial charge on any atom is 0.262 e. The number of carbonyl (C=O) groups is 1. The Balaban J connectivity index is 1.91. The number of amides is 1. The lowest BCUT2D eigenvalue weighted by Crippen LogP contribution is -2.16. The number of aromatic nitrogens is 2. The van der Waals surface area contributed by atoms with Crippen molar-refractivity contribution in [3.8, 4) is 11.6 Å². The largest absolute Gasteiger partial charge is 0.506 e. The molecule has 0 atom stereocenters. The van der Waals surface area contributed by atoms with Gasteiger partial charge in [0, 0.05) is 6.20 Å². The Bertz CT molecular complexity index is 800. The zero-order valence-electron chi connectivity index (χ0n) is 12.5. The summed E-state index contributed by atoms with van der Waals surface area (Å²) in [5.74, 6) is -0.478. The average molecular weight is 386 g/mol. The summed E-state index contributed by atoms with van der Waals surface area (Å²) in [6.45, 7) is 0. The van der Waals surface area contributed by atoms with E-state index in [1.54, 1.807) is 0 Å². The number of hydrogen-bond acceptors (Lipinski definition) is 6. The van der Waals surface area contributed by atoms with Crippen LogP contribution in [0, 0.1) is 0 Å². The van der Waals surface area contributed by atoms with Gasteiger partial charge in [-0.05, 0) is 31.2 Å². The highest BCUT2D eigenvalue weighted by Crippen LogP contribution is 2.37. The molecule has 1 amide bonds. The van der Waals surface area contributed by atoms with Crippen LogP contribution in [0.1, 0.15) is 23.2 Å². The Morgan fingerprint density at radius 2 is 2.17 bits per heavy atom. The molecule has 126 valence electrons. The topological polar surface area (TPSA) is 84.3 Å². The molecule has 0 aliphatic heterocycles. The van der Waals surface area contributed by atoms with Gasteiger partial charge in [-0.2, -0.15) is 4.98 Å². The minimum Gasteiger partial charge on any atom is -0.506 e. The maximum absolute atomic E-state index is 12.6. The molecule has 0 spiro atoms. The summed E-state index contributed by atoms with van der Waals surface area (Å²) in [4.78, 5) is 20.9. The van der Waals surface area contributed by atoms with Gasteiger partial charge in [0.1, 0.15) is 22.4 Å². The average Bonchev–Trinajstić information content (AvgIpc) is 3.39. The lowest BCUT2D eigenvalue weighted by Gasteiger charge is -2.13. The predicted molar refractivity (Wildman–Crippen MR) is 93.5 cm³/mol. The van der Waals surface area contributed by atoms with Crippen molar-refractivity contribution in [1.82, 2.24) is 9.97 Å². The fourth-order valence-electron chi connectivity index (χ4n) is 1.88. The first-order valence-corrected chi connectivity index (χ1v) is 9.03. The van der Waals surface area contributed by atoms with Crippen LogP contribution in [0.3, 0.4) is 0 Å². The predicted octanol–water partition coefficient (Wildman–Crippen LogP) is 4.00. The third-order valence-electron chi connectivity index (χ3n) is 3.27. The number of phenolic OH excluding ortho intramolecular Hbond substituents is 1. The van der Waals surface area contributed by atoms with Crippen molar-refractivity contribution in [2.75, 3.05) is 11.6 Å². The van der Waals surface area contributed by atoms with Crippen LogP contribution in [0.4, 0.5) is 5.69 Å².